The van der Waals surface area contributed by atoms with E-state index in [-0.39, 0.29) is 36.3 Å². The van der Waals surface area contributed by atoms with Crippen molar-refractivity contribution in [2.75, 3.05) is 53.7 Å². The van der Waals surface area contributed by atoms with E-state index in [1.807, 2.05) is 48.2 Å². The van der Waals surface area contributed by atoms with Gasteiger partial charge in [0.05, 0.1) is 40.4 Å². The summed E-state index contributed by atoms with van der Waals surface area (Å²) in [6.07, 6.45) is 4.99. The number of carbonyl (C=O) groups is 3. The monoisotopic (exact) mass is 691 g/mol. The molecule has 0 bridgehead atoms. The molecule has 2 aliphatic rings. The molecule has 0 spiro atoms. The summed E-state index contributed by atoms with van der Waals surface area (Å²) in [7, 11) is 0. The first kappa shape index (κ1) is 33.0. The van der Waals surface area contributed by atoms with Gasteiger partial charge in [-0.15, -0.1) is 11.3 Å². The van der Waals surface area contributed by atoms with Gasteiger partial charge in [-0.25, -0.2) is 19.9 Å². The number of ether oxygens (including phenoxy) is 1. The van der Waals surface area contributed by atoms with E-state index in [1.54, 1.807) is 19.3 Å². The fraction of sp³-hybridized carbons (Fsp3) is 0.306. The fourth-order valence-electron chi connectivity index (χ4n) is 6.46. The Balaban J connectivity index is 1.04. The van der Waals surface area contributed by atoms with Gasteiger partial charge in [0, 0.05) is 49.8 Å². The van der Waals surface area contributed by atoms with Crippen LogP contribution in [0.2, 0.25) is 0 Å². The van der Waals surface area contributed by atoms with Crippen molar-refractivity contribution < 1.29 is 19.1 Å². The maximum Gasteiger partial charge on any atom is 0.262 e. The molecule has 3 amide bonds. The molecule has 7 rings (SSSR count). The van der Waals surface area contributed by atoms with E-state index in [0.717, 1.165) is 39.9 Å². The van der Waals surface area contributed by atoms with Crippen LogP contribution in [0.5, 0.6) is 0 Å². The molecular formula is C36H37N9O4S. The van der Waals surface area contributed by atoms with Crippen molar-refractivity contribution in [1.29, 1.82) is 0 Å². The summed E-state index contributed by atoms with van der Waals surface area (Å²) < 4.78 is 6.34. The van der Waals surface area contributed by atoms with Gasteiger partial charge in [-0.05, 0) is 73.2 Å². The molecule has 0 radical (unpaired) electrons. The first-order chi connectivity index (χ1) is 24.2. The Morgan fingerprint density at radius 3 is 2.44 bits per heavy atom. The fourth-order valence-corrected chi connectivity index (χ4v) is 7.65. The number of nitrogen functional groups attached to an aromatic ring is 1. The van der Waals surface area contributed by atoms with Gasteiger partial charge in [-0.3, -0.25) is 14.4 Å². The Bertz CT molecular complexity index is 2090. The van der Waals surface area contributed by atoms with Crippen LogP contribution < -0.4 is 26.2 Å². The molecule has 2 aromatic carbocycles. The molecule has 256 valence electrons. The number of aryl methyl sites for hydroxylation is 2. The molecule has 1 fully saturated rings. The largest absolute Gasteiger partial charge is 0.378 e. The van der Waals surface area contributed by atoms with Crippen molar-refractivity contribution in [3.63, 3.8) is 0 Å². The minimum absolute atomic E-state index is 0.0496. The minimum Gasteiger partial charge on any atom is -0.378 e. The van der Waals surface area contributed by atoms with Crippen molar-refractivity contribution in [3.05, 3.63) is 70.9 Å². The average molecular weight is 692 g/mol. The van der Waals surface area contributed by atoms with Crippen molar-refractivity contribution in [2.24, 2.45) is 0 Å². The smallest absolute Gasteiger partial charge is 0.262 e. The van der Waals surface area contributed by atoms with E-state index in [9.17, 15) is 14.4 Å². The molecule has 5 aromatic rings. The average Bonchev–Trinajstić information content (AvgIpc) is 3.46. The molecule has 1 saturated heterocycles. The van der Waals surface area contributed by atoms with Crippen molar-refractivity contribution in [2.45, 2.75) is 39.7 Å². The SMILES string of the molecule is CC(=O)N1c2ccc(-c3ccc(NC(=O)CNC(=O)c4sc5c(N6CCOCC6)nc(-c6cnc(N)nc6)nc5c4C)cc3)cc2CC[C@@H]1C. The molecule has 4 N–H and O–H groups in total. The first-order valence-electron chi connectivity index (χ1n) is 16.5. The second-order valence-electron chi connectivity index (χ2n) is 12.5. The third-order valence-corrected chi connectivity index (χ3v) is 10.3. The third-order valence-electron chi connectivity index (χ3n) is 9.06. The Hall–Kier alpha value is -5.47. The number of carbonyl (C=O) groups excluding carboxylic acids is 3. The number of anilines is 4. The maximum absolute atomic E-state index is 13.4. The highest BCUT2D eigenvalue weighted by atomic mass is 32.1. The first-order valence-corrected chi connectivity index (χ1v) is 17.3. The Morgan fingerprint density at radius 2 is 1.72 bits per heavy atom. The van der Waals surface area contributed by atoms with E-state index in [0.29, 0.717) is 65.2 Å². The second-order valence-corrected chi connectivity index (χ2v) is 13.5. The number of thiophene rings is 1. The normalized spacial score (nSPS) is 15.9. The number of amides is 3. The molecule has 14 heteroatoms. The molecular weight excluding hydrogens is 655 g/mol. The van der Waals surface area contributed by atoms with Crippen LogP contribution in [-0.4, -0.2) is 76.5 Å². The lowest BCUT2D eigenvalue weighted by atomic mass is 9.93. The summed E-state index contributed by atoms with van der Waals surface area (Å²) in [6, 6.07) is 13.9. The number of nitrogens with zero attached hydrogens (tertiary/aromatic N) is 6. The van der Waals surface area contributed by atoms with E-state index in [4.69, 9.17) is 20.4 Å². The van der Waals surface area contributed by atoms with Gasteiger partial charge in [-0.1, -0.05) is 18.2 Å². The van der Waals surface area contributed by atoms with Gasteiger partial charge in [-0.2, -0.15) is 0 Å². The number of hydrogen-bond donors (Lipinski definition) is 3. The summed E-state index contributed by atoms with van der Waals surface area (Å²) in [5, 5.41) is 5.64. The van der Waals surface area contributed by atoms with E-state index < -0.39 is 0 Å². The number of rotatable bonds is 7. The molecule has 2 aliphatic heterocycles. The van der Waals surface area contributed by atoms with Gasteiger partial charge in [0.15, 0.2) is 11.6 Å². The molecule has 13 nitrogen and oxygen atoms in total. The standard InChI is InChI=1S/C36H37N9O4S/c1-20-4-5-25-16-24(8-11-28(25)45(20)22(3)46)23-6-9-27(10-7-23)41-29(47)19-38-35(48)31-21(2)30-32(50-31)34(44-12-14-49-15-13-44)43-33(42-30)26-17-39-36(37)40-18-26/h6-11,16-18,20H,4-5,12-15,19H2,1-3H3,(H,38,48)(H,41,47)(H2,37,39,40)/t20-/m0/s1. The van der Waals surface area contributed by atoms with Gasteiger partial charge in [0.2, 0.25) is 17.8 Å². The second kappa shape index (κ2) is 13.8. The maximum atomic E-state index is 13.4. The molecule has 50 heavy (non-hydrogen) atoms. The summed E-state index contributed by atoms with van der Waals surface area (Å²) in [4.78, 5) is 60.9. The number of hydrogen-bond acceptors (Lipinski definition) is 11. The van der Waals surface area contributed by atoms with Gasteiger partial charge in [0.1, 0.15) is 0 Å². The minimum atomic E-state index is -0.369. The quantitative estimate of drug-likeness (QED) is 0.219. The summed E-state index contributed by atoms with van der Waals surface area (Å²) >= 11 is 1.30. The van der Waals surface area contributed by atoms with Crippen LogP contribution in [0.15, 0.2) is 54.9 Å². The van der Waals surface area contributed by atoms with Crippen LogP contribution in [0.3, 0.4) is 0 Å². The highest BCUT2D eigenvalue weighted by Gasteiger charge is 2.27. The lowest BCUT2D eigenvalue weighted by Gasteiger charge is -2.34. The van der Waals surface area contributed by atoms with Crippen molar-refractivity contribution in [3.8, 4) is 22.5 Å². The van der Waals surface area contributed by atoms with Crippen LogP contribution in [-0.2, 0) is 20.7 Å². The molecule has 0 aliphatic carbocycles. The predicted molar refractivity (Wildman–Crippen MR) is 194 cm³/mol. The van der Waals surface area contributed by atoms with Gasteiger partial charge < -0.3 is 30.9 Å². The Labute approximate surface area is 292 Å². The summed E-state index contributed by atoms with van der Waals surface area (Å²) in [5.41, 5.74) is 12.4. The molecule has 0 unspecified atom stereocenters. The highest BCUT2D eigenvalue weighted by molar-refractivity contribution is 7.21. The zero-order valence-electron chi connectivity index (χ0n) is 28.0. The van der Waals surface area contributed by atoms with E-state index >= 15 is 0 Å². The third kappa shape index (κ3) is 6.59. The summed E-state index contributed by atoms with van der Waals surface area (Å²) in [6.45, 7) is 7.75. The zero-order chi connectivity index (χ0) is 34.9. The van der Waals surface area contributed by atoms with Gasteiger partial charge >= 0.3 is 0 Å². The number of aromatic nitrogens is 4. The van der Waals surface area contributed by atoms with Crippen LogP contribution in [0.1, 0.15) is 41.1 Å². The number of fused-ring (bicyclic) bond motifs is 2. The lowest BCUT2D eigenvalue weighted by molar-refractivity contribution is -0.117. The molecule has 5 heterocycles. The van der Waals surface area contributed by atoms with E-state index in [1.165, 1.54) is 11.3 Å². The number of benzene rings is 2. The van der Waals surface area contributed by atoms with Crippen LogP contribution >= 0.6 is 11.3 Å². The van der Waals surface area contributed by atoms with Crippen LogP contribution in [0, 0.1) is 6.92 Å². The Morgan fingerprint density at radius 1 is 1.00 bits per heavy atom. The van der Waals surface area contributed by atoms with E-state index in [2.05, 4.69) is 38.5 Å². The zero-order valence-corrected chi connectivity index (χ0v) is 28.8. The van der Waals surface area contributed by atoms with Crippen molar-refractivity contribution >= 4 is 62.4 Å². The highest BCUT2D eigenvalue weighted by Crippen LogP contribution is 2.38. The van der Waals surface area contributed by atoms with Crippen LogP contribution in [0.25, 0.3) is 32.7 Å². The van der Waals surface area contributed by atoms with Crippen molar-refractivity contribution in [1.82, 2.24) is 25.3 Å². The molecule has 1 atom stereocenters. The topological polar surface area (TPSA) is 169 Å². The predicted octanol–water partition coefficient (Wildman–Crippen LogP) is 4.60. The molecule has 3 aromatic heterocycles. The summed E-state index contributed by atoms with van der Waals surface area (Å²) in [5.74, 6) is 0.621. The molecule has 0 saturated carbocycles. The lowest BCUT2D eigenvalue weighted by Crippen LogP contribution is -2.40. The number of morpholine rings is 1. The Kier molecular flexibility index (Phi) is 9.12. The van der Waals surface area contributed by atoms with Gasteiger partial charge in [0.25, 0.3) is 5.91 Å². The number of nitrogens with one attached hydrogen (secondary N) is 2. The number of nitrogens with two attached hydrogens (primary N) is 1. The van der Waals surface area contributed by atoms with Crippen LogP contribution in [0.4, 0.5) is 23.1 Å².